The van der Waals surface area contributed by atoms with Gasteiger partial charge in [-0.3, -0.25) is 0 Å². The molecule has 2 aromatic rings. The summed E-state index contributed by atoms with van der Waals surface area (Å²) in [6, 6.07) is 5.14. The fourth-order valence-corrected chi connectivity index (χ4v) is 2.69. The molecule has 1 aliphatic rings. The van der Waals surface area contributed by atoms with Crippen LogP contribution in [0.25, 0.3) is 11.1 Å². The van der Waals surface area contributed by atoms with E-state index in [1.807, 2.05) is 11.8 Å². The second kappa shape index (κ2) is 4.45. The van der Waals surface area contributed by atoms with Gasteiger partial charge in [0, 0.05) is 11.3 Å². The molecule has 5 nitrogen and oxygen atoms in total. The molecule has 1 aromatic carbocycles. The van der Waals surface area contributed by atoms with Crippen LogP contribution in [0.1, 0.15) is 23.2 Å². The summed E-state index contributed by atoms with van der Waals surface area (Å²) in [5.41, 5.74) is 1.37. The third-order valence-electron chi connectivity index (χ3n) is 3.44. The summed E-state index contributed by atoms with van der Waals surface area (Å²) in [5.74, 6) is -0.966. The summed E-state index contributed by atoms with van der Waals surface area (Å²) in [6.45, 7) is 0.826. The van der Waals surface area contributed by atoms with Gasteiger partial charge in [0.25, 0.3) is 6.01 Å². The Labute approximate surface area is 114 Å². The highest BCUT2D eigenvalue weighted by molar-refractivity contribution is 8.00. The quantitative estimate of drug-likeness (QED) is 0.876. The summed E-state index contributed by atoms with van der Waals surface area (Å²) in [7, 11) is 0. The molecule has 0 amide bonds. The standard InChI is InChI=1S/C13H14N2O3S/c1-19-13(4-5-13)7-14-12-15-9-3-2-8(11(16)17)6-10(9)18-12/h2-3,6H,4-5,7H2,1H3,(H,14,15)(H,16,17). The van der Waals surface area contributed by atoms with Gasteiger partial charge in [-0.05, 0) is 37.3 Å². The summed E-state index contributed by atoms with van der Waals surface area (Å²) in [6.07, 6.45) is 4.54. The lowest BCUT2D eigenvalue weighted by molar-refractivity contribution is 0.0697. The molecular formula is C13H14N2O3S. The molecule has 0 bridgehead atoms. The SMILES string of the molecule is CSC1(CNc2nc3ccc(C(=O)O)cc3o2)CC1. The minimum Gasteiger partial charge on any atom is -0.478 e. The van der Waals surface area contributed by atoms with Gasteiger partial charge in [-0.25, -0.2) is 4.79 Å². The van der Waals surface area contributed by atoms with Crippen LogP contribution in [-0.2, 0) is 0 Å². The minimum absolute atomic E-state index is 0.206. The van der Waals surface area contributed by atoms with Gasteiger partial charge < -0.3 is 14.8 Å². The van der Waals surface area contributed by atoms with E-state index in [9.17, 15) is 4.79 Å². The third kappa shape index (κ3) is 2.40. The lowest BCUT2D eigenvalue weighted by Crippen LogP contribution is -2.17. The van der Waals surface area contributed by atoms with Crippen molar-refractivity contribution in [2.75, 3.05) is 18.1 Å². The molecule has 0 spiro atoms. The molecule has 1 saturated carbocycles. The highest BCUT2D eigenvalue weighted by atomic mass is 32.2. The first-order valence-corrected chi connectivity index (χ1v) is 7.27. The van der Waals surface area contributed by atoms with Gasteiger partial charge in [0.1, 0.15) is 5.52 Å². The Morgan fingerprint density at radius 1 is 1.58 bits per heavy atom. The number of rotatable bonds is 5. The van der Waals surface area contributed by atoms with Crippen LogP contribution in [0.2, 0.25) is 0 Å². The minimum atomic E-state index is -0.966. The number of carboxylic acid groups (broad SMARTS) is 1. The van der Waals surface area contributed by atoms with Crippen LogP contribution in [-0.4, -0.2) is 33.6 Å². The number of carbonyl (C=O) groups is 1. The van der Waals surface area contributed by atoms with Crippen LogP contribution < -0.4 is 5.32 Å². The summed E-state index contributed by atoms with van der Waals surface area (Å²) in [5, 5.41) is 12.1. The molecule has 0 radical (unpaired) electrons. The van der Waals surface area contributed by atoms with Crippen LogP contribution in [0.3, 0.4) is 0 Å². The summed E-state index contributed by atoms with van der Waals surface area (Å²) in [4.78, 5) is 15.2. The average Bonchev–Trinajstić information content (AvgIpc) is 3.07. The monoisotopic (exact) mass is 278 g/mol. The number of benzene rings is 1. The number of anilines is 1. The Bertz CT molecular complexity index is 634. The van der Waals surface area contributed by atoms with E-state index in [1.54, 1.807) is 6.07 Å². The molecule has 19 heavy (non-hydrogen) atoms. The zero-order valence-corrected chi connectivity index (χ0v) is 11.3. The van der Waals surface area contributed by atoms with Gasteiger partial charge >= 0.3 is 5.97 Å². The molecule has 3 rings (SSSR count). The molecular weight excluding hydrogens is 264 g/mol. The predicted octanol–water partition coefficient (Wildman–Crippen LogP) is 2.83. The van der Waals surface area contributed by atoms with Crippen molar-refractivity contribution in [2.45, 2.75) is 17.6 Å². The molecule has 0 aliphatic heterocycles. The molecule has 1 fully saturated rings. The lowest BCUT2D eigenvalue weighted by Gasteiger charge is -2.10. The maximum absolute atomic E-state index is 10.9. The van der Waals surface area contributed by atoms with Gasteiger partial charge in [-0.15, -0.1) is 0 Å². The van der Waals surface area contributed by atoms with Gasteiger partial charge in [0.2, 0.25) is 0 Å². The van der Waals surface area contributed by atoms with Crippen molar-refractivity contribution in [1.82, 2.24) is 4.98 Å². The van der Waals surface area contributed by atoms with E-state index >= 15 is 0 Å². The molecule has 1 aromatic heterocycles. The van der Waals surface area contributed by atoms with Crippen molar-refractivity contribution < 1.29 is 14.3 Å². The van der Waals surface area contributed by atoms with E-state index in [-0.39, 0.29) is 5.56 Å². The number of hydrogen-bond acceptors (Lipinski definition) is 5. The largest absolute Gasteiger partial charge is 0.478 e. The van der Waals surface area contributed by atoms with Crippen molar-refractivity contribution in [3.8, 4) is 0 Å². The first-order chi connectivity index (χ1) is 9.12. The van der Waals surface area contributed by atoms with Crippen molar-refractivity contribution >= 4 is 34.8 Å². The molecule has 0 unspecified atom stereocenters. The summed E-state index contributed by atoms with van der Waals surface area (Å²) < 4.78 is 5.86. The van der Waals surface area contributed by atoms with E-state index in [0.29, 0.717) is 21.9 Å². The number of aromatic nitrogens is 1. The lowest BCUT2D eigenvalue weighted by atomic mass is 10.2. The van der Waals surface area contributed by atoms with E-state index in [2.05, 4.69) is 16.6 Å². The van der Waals surface area contributed by atoms with Crippen molar-refractivity contribution in [1.29, 1.82) is 0 Å². The maximum Gasteiger partial charge on any atom is 0.335 e. The van der Waals surface area contributed by atoms with Crippen LogP contribution >= 0.6 is 11.8 Å². The van der Waals surface area contributed by atoms with Crippen molar-refractivity contribution in [3.63, 3.8) is 0 Å². The Morgan fingerprint density at radius 2 is 2.37 bits per heavy atom. The van der Waals surface area contributed by atoms with Gasteiger partial charge in [-0.2, -0.15) is 16.7 Å². The first kappa shape index (κ1) is 12.3. The molecule has 2 N–H and O–H groups in total. The fraction of sp³-hybridized carbons (Fsp3) is 0.385. The average molecular weight is 278 g/mol. The second-order valence-electron chi connectivity index (χ2n) is 4.75. The molecule has 0 saturated heterocycles. The van der Waals surface area contributed by atoms with Gasteiger partial charge in [-0.1, -0.05) is 0 Å². The van der Waals surface area contributed by atoms with E-state index < -0.39 is 5.97 Å². The predicted molar refractivity (Wildman–Crippen MR) is 74.9 cm³/mol. The number of fused-ring (bicyclic) bond motifs is 1. The Balaban J connectivity index is 1.79. The summed E-state index contributed by atoms with van der Waals surface area (Å²) >= 11 is 1.86. The zero-order chi connectivity index (χ0) is 13.5. The third-order valence-corrected chi connectivity index (χ3v) is 4.86. The molecule has 0 atom stereocenters. The second-order valence-corrected chi connectivity index (χ2v) is 6.02. The first-order valence-electron chi connectivity index (χ1n) is 6.05. The van der Waals surface area contributed by atoms with Crippen LogP contribution in [0, 0.1) is 0 Å². The number of aromatic carboxylic acids is 1. The van der Waals surface area contributed by atoms with Crippen molar-refractivity contribution in [3.05, 3.63) is 23.8 Å². The topological polar surface area (TPSA) is 75.4 Å². The van der Waals surface area contributed by atoms with E-state index in [4.69, 9.17) is 9.52 Å². The van der Waals surface area contributed by atoms with Crippen LogP contribution in [0.15, 0.2) is 22.6 Å². The molecule has 6 heteroatoms. The fourth-order valence-electron chi connectivity index (χ4n) is 1.96. The number of nitrogens with one attached hydrogen (secondary N) is 1. The van der Waals surface area contributed by atoms with Crippen molar-refractivity contribution in [2.24, 2.45) is 0 Å². The number of thioether (sulfide) groups is 1. The van der Waals surface area contributed by atoms with Gasteiger partial charge in [0.05, 0.1) is 5.56 Å². The highest BCUT2D eigenvalue weighted by Crippen LogP contribution is 2.47. The molecule has 1 aliphatic carbocycles. The smallest absolute Gasteiger partial charge is 0.335 e. The molecule has 100 valence electrons. The maximum atomic E-state index is 10.9. The molecule has 1 heterocycles. The Morgan fingerprint density at radius 3 is 3.00 bits per heavy atom. The number of nitrogens with zero attached hydrogens (tertiary/aromatic N) is 1. The van der Waals surface area contributed by atoms with E-state index in [1.165, 1.54) is 25.0 Å². The number of oxazole rings is 1. The highest BCUT2D eigenvalue weighted by Gasteiger charge is 2.41. The van der Waals surface area contributed by atoms with E-state index in [0.717, 1.165) is 6.54 Å². The van der Waals surface area contributed by atoms with Gasteiger partial charge in [0.15, 0.2) is 5.58 Å². The number of hydrogen-bond donors (Lipinski definition) is 2. The number of carboxylic acids is 1. The Hall–Kier alpha value is -1.69. The zero-order valence-electron chi connectivity index (χ0n) is 10.5. The van der Waals surface area contributed by atoms with Crippen LogP contribution in [0.5, 0.6) is 0 Å². The normalized spacial score (nSPS) is 16.5. The Kier molecular flexibility index (Phi) is 2.89. The van der Waals surface area contributed by atoms with Crippen LogP contribution in [0.4, 0.5) is 6.01 Å².